The molecule has 5 aromatic carbocycles. The van der Waals surface area contributed by atoms with E-state index in [-0.39, 0.29) is 5.41 Å². The quantitative estimate of drug-likeness (QED) is 0.234. The number of rotatable bonds is 1. The first-order valence-corrected chi connectivity index (χ1v) is 12.9. The summed E-state index contributed by atoms with van der Waals surface area (Å²) in [6, 6.07) is 38.8. The summed E-state index contributed by atoms with van der Waals surface area (Å²) in [7, 11) is 0. The van der Waals surface area contributed by atoms with Gasteiger partial charge in [0.25, 0.3) is 0 Å². The largest absolute Gasteiger partial charge is 0.135 e. The van der Waals surface area contributed by atoms with Crippen LogP contribution in [0, 0.1) is 0 Å². The van der Waals surface area contributed by atoms with E-state index in [1.807, 2.05) is 11.3 Å². The van der Waals surface area contributed by atoms with Crippen molar-refractivity contribution in [3.05, 3.63) is 131 Å². The fourth-order valence-electron chi connectivity index (χ4n) is 6.79. The standard InChI is InChI=1S/C33H22S/c1-2-20-19-28-30(31-24-14-6-10-18-29(24)34-32(20)31)23-13-5-9-17-27(23)33(28)25-15-7-3-11-21(25)22-12-4-8-16-26(22)33/h3-19H,2H2,1H3. The second-order valence-corrected chi connectivity index (χ2v) is 10.6. The highest BCUT2D eigenvalue weighted by Gasteiger charge is 2.52. The second kappa shape index (κ2) is 6.46. The van der Waals surface area contributed by atoms with Crippen LogP contribution in [0.25, 0.3) is 42.4 Å². The minimum absolute atomic E-state index is 0.264. The van der Waals surface area contributed by atoms with E-state index < -0.39 is 0 Å². The van der Waals surface area contributed by atoms with Crippen LogP contribution in [-0.4, -0.2) is 0 Å². The maximum atomic E-state index is 2.55. The van der Waals surface area contributed by atoms with Gasteiger partial charge in [0, 0.05) is 20.2 Å². The van der Waals surface area contributed by atoms with Crippen LogP contribution >= 0.6 is 11.3 Å². The summed E-state index contributed by atoms with van der Waals surface area (Å²) >= 11 is 1.96. The fraction of sp³-hybridized carbons (Fsp3) is 0.0909. The van der Waals surface area contributed by atoms with E-state index >= 15 is 0 Å². The third-order valence-electron chi connectivity index (χ3n) is 8.06. The molecule has 0 radical (unpaired) electrons. The SMILES string of the molecule is CCc1cc2c(c3c1sc1ccccc13)-c1ccccc1C21c2ccccc2-c2ccccc21. The topological polar surface area (TPSA) is 0 Å². The molecule has 1 heteroatoms. The van der Waals surface area contributed by atoms with Gasteiger partial charge in [-0.1, -0.05) is 104 Å². The Morgan fingerprint density at radius 2 is 1.18 bits per heavy atom. The predicted octanol–water partition coefficient (Wildman–Crippen LogP) is 8.96. The summed E-state index contributed by atoms with van der Waals surface area (Å²) < 4.78 is 2.83. The fourth-order valence-corrected chi connectivity index (χ4v) is 8.09. The summed E-state index contributed by atoms with van der Waals surface area (Å²) in [5.74, 6) is 0. The van der Waals surface area contributed by atoms with Crippen LogP contribution in [0.1, 0.15) is 34.7 Å². The molecule has 34 heavy (non-hydrogen) atoms. The lowest BCUT2D eigenvalue weighted by molar-refractivity contribution is 0.792. The van der Waals surface area contributed by atoms with Gasteiger partial charge in [0.1, 0.15) is 0 Å². The van der Waals surface area contributed by atoms with E-state index in [0.717, 1.165) is 6.42 Å². The number of hydrogen-bond donors (Lipinski definition) is 0. The maximum absolute atomic E-state index is 2.55. The lowest BCUT2D eigenvalue weighted by Crippen LogP contribution is -2.26. The van der Waals surface area contributed by atoms with Gasteiger partial charge in [-0.3, -0.25) is 0 Å². The van der Waals surface area contributed by atoms with Gasteiger partial charge in [-0.2, -0.15) is 0 Å². The molecule has 0 saturated heterocycles. The Bertz CT molecular complexity index is 1750. The number of fused-ring (bicyclic) bond motifs is 14. The number of thiophene rings is 1. The molecule has 0 fully saturated rings. The molecule has 0 N–H and O–H groups in total. The summed E-state index contributed by atoms with van der Waals surface area (Å²) in [4.78, 5) is 0. The Morgan fingerprint density at radius 1 is 0.618 bits per heavy atom. The molecule has 2 aliphatic rings. The average Bonchev–Trinajstić information content (AvgIpc) is 3.52. The number of benzene rings is 5. The average molecular weight is 451 g/mol. The normalized spacial score (nSPS) is 14.4. The van der Waals surface area contributed by atoms with Crippen LogP contribution in [0.2, 0.25) is 0 Å². The first-order chi connectivity index (χ1) is 16.8. The molecule has 0 atom stereocenters. The zero-order valence-electron chi connectivity index (χ0n) is 18.9. The molecule has 0 saturated carbocycles. The summed E-state index contributed by atoms with van der Waals surface area (Å²) in [5.41, 5.74) is 12.5. The van der Waals surface area contributed by atoms with Crippen LogP contribution in [0.15, 0.2) is 103 Å². The number of hydrogen-bond acceptors (Lipinski definition) is 1. The summed E-state index contributed by atoms with van der Waals surface area (Å²) in [6.07, 6.45) is 1.03. The van der Waals surface area contributed by atoms with Gasteiger partial charge in [-0.25, -0.2) is 0 Å². The van der Waals surface area contributed by atoms with E-state index in [0.29, 0.717) is 0 Å². The van der Waals surface area contributed by atoms with Crippen LogP contribution in [0.5, 0.6) is 0 Å². The van der Waals surface area contributed by atoms with Crippen molar-refractivity contribution in [2.75, 3.05) is 0 Å². The molecule has 8 rings (SSSR count). The zero-order valence-corrected chi connectivity index (χ0v) is 19.7. The first kappa shape index (κ1) is 18.7. The van der Waals surface area contributed by atoms with Crippen molar-refractivity contribution < 1.29 is 0 Å². The Labute approximate surface area is 203 Å². The van der Waals surface area contributed by atoms with Crippen molar-refractivity contribution in [1.82, 2.24) is 0 Å². The molecule has 0 unspecified atom stereocenters. The second-order valence-electron chi connectivity index (χ2n) is 9.50. The van der Waals surface area contributed by atoms with Gasteiger partial charge in [-0.15, -0.1) is 11.3 Å². The lowest BCUT2D eigenvalue weighted by Gasteiger charge is -2.30. The smallest absolute Gasteiger partial charge is 0.0725 e. The van der Waals surface area contributed by atoms with Gasteiger partial charge in [0.15, 0.2) is 0 Å². The molecule has 1 heterocycles. The van der Waals surface area contributed by atoms with Crippen molar-refractivity contribution in [2.24, 2.45) is 0 Å². The molecular formula is C33H22S. The van der Waals surface area contributed by atoms with E-state index in [1.54, 1.807) is 0 Å². The van der Waals surface area contributed by atoms with Crippen LogP contribution in [0.3, 0.4) is 0 Å². The van der Waals surface area contributed by atoms with Gasteiger partial charge < -0.3 is 0 Å². The third-order valence-corrected chi connectivity index (χ3v) is 9.31. The highest BCUT2D eigenvalue weighted by atomic mass is 32.1. The minimum atomic E-state index is -0.264. The van der Waals surface area contributed by atoms with E-state index in [2.05, 4.69) is 110 Å². The van der Waals surface area contributed by atoms with Crippen molar-refractivity contribution in [1.29, 1.82) is 0 Å². The first-order valence-electron chi connectivity index (χ1n) is 12.1. The summed E-state index contributed by atoms with van der Waals surface area (Å²) in [6.45, 7) is 2.30. The molecule has 6 aromatic rings. The Kier molecular flexibility index (Phi) is 3.56. The third kappa shape index (κ3) is 2.02. The molecule has 0 bridgehead atoms. The van der Waals surface area contributed by atoms with Crippen molar-refractivity contribution in [3.8, 4) is 22.3 Å². The zero-order chi connectivity index (χ0) is 22.4. The Morgan fingerprint density at radius 3 is 1.85 bits per heavy atom. The van der Waals surface area contributed by atoms with Gasteiger partial charge >= 0.3 is 0 Å². The van der Waals surface area contributed by atoms with Crippen molar-refractivity contribution in [2.45, 2.75) is 18.8 Å². The maximum Gasteiger partial charge on any atom is 0.0725 e. The Hall–Kier alpha value is -3.68. The summed E-state index contributed by atoms with van der Waals surface area (Å²) in [5, 5.41) is 2.83. The molecule has 1 spiro atoms. The predicted molar refractivity (Wildman–Crippen MR) is 145 cm³/mol. The van der Waals surface area contributed by atoms with Crippen molar-refractivity contribution >= 4 is 31.5 Å². The van der Waals surface area contributed by atoms with E-state index in [1.165, 1.54) is 70.2 Å². The van der Waals surface area contributed by atoms with Gasteiger partial charge in [-0.05, 0) is 62.6 Å². The van der Waals surface area contributed by atoms with Gasteiger partial charge in [0.2, 0.25) is 0 Å². The monoisotopic (exact) mass is 450 g/mol. The lowest BCUT2D eigenvalue weighted by atomic mass is 9.70. The minimum Gasteiger partial charge on any atom is -0.135 e. The molecule has 0 amide bonds. The van der Waals surface area contributed by atoms with Crippen LogP contribution in [0.4, 0.5) is 0 Å². The molecule has 0 aliphatic heterocycles. The molecule has 2 aliphatic carbocycles. The molecular weight excluding hydrogens is 428 g/mol. The van der Waals surface area contributed by atoms with E-state index in [9.17, 15) is 0 Å². The highest BCUT2D eigenvalue weighted by molar-refractivity contribution is 7.26. The van der Waals surface area contributed by atoms with E-state index in [4.69, 9.17) is 0 Å². The van der Waals surface area contributed by atoms with Crippen LogP contribution < -0.4 is 0 Å². The van der Waals surface area contributed by atoms with Gasteiger partial charge in [0.05, 0.1) is 5.41 Å². The molecule has 160 valence electrons. The highest BCUT2D eigenvalue weighted by Crippen LogP contribution is 2.64. The number of aryl methyl sites for hydroxylation is 1. The Balaban J connectivity index is 1.66. The molecule has 0 nitrogen and oxygen atoms in total. The van der Waals surface area contributed by atoms with Crippen molar-refractivity contribution in [3.63, 3.8) is 0 Å². The molecule has 1 aromatic heterocycles. The van der Waals surface area contributed by atoms with Crippen LogP contribution in [-0.2, 0) is 11.8 Å².